The Balaban J connectivity index is 1.89. The van der Waals surface area contributed by atoms with Crippen molar-refractivity contribution in [3.05, 3.63) is 24.3 Å². The summed E-state index contributed by atoms with van der Waals surface area (Å²) in [5, 5.41) is 9.42. The second-order valence-electron chi connectivity index (χ2n) is 3.38. The highest BCUT2D eigenvalue weighted by Crippen LogP contribution is 2.10. The van der Waals surface area contributed by atoms with Crippen LogP contribution in [-0.4, -0.2) is 38.3 Å². The summed E-state index contributed by atoms with van der Waals surface area (Å²) in [6.45, 7) is 1.69. The van der Waals surface area contributed by atoms with Gasteiger partial charge in [0, 0.05) is 18.4 Å². The molecule has 84 valence electrons. The first-order valence-electron chi connectivity index (χ1n) is 4.89. The molecule has 1 atom stereocenters. The van der Waals surface area contributed by atoms with Crippen molar-refractivity contribution in [1.82, 2.24) is 30.6 Å². The maximum Gasteiger partial charge on any atom is 0.133 e. The minimum Gasteiger partial charge on any atom is -0.264 e. The fourth-order valence-electron chi connectivity index (χ4n) is 1.50. The lowest BCUT2D eigenvalue weighted by molar-refractivity contribution is -0.261. The lowest BCUT2D eigenvalue weighted by atomic mass is 10.3. The Morgan fingerprint density at radius 3 is 3.06 bits per heavy atom. The fraction of sp³-hybridized carbons (Fsp3) is 0.250. The molecule has 1 aliphatic heterocycles. The standard InChI is InChI=1S/C8H11N6OP/c16-12-6-5-9-14(12)15-13-8-4-2-1-3-7(8)10-11-13/h1-4,9H,5-6,16H2. The van der Waals surface area contributed by atoms with Gasteiger partial charge in [0.05, 0.1) is 0 Å². The van der Waals surface area contributed by atoms with E-state index in [0.29, 0.717) is 0 Å². The average Bonchev–Trinajstić information content (AvgIpc) is 2.88. The van der Waals surface area contributed by atoms with Gasteiger partial charge < -0.3 is 0 Å². The SMILES string of the molecule is PN1CCNN1On1nnc2ccccc21. The maximum atomic E-state index is 5.51. The number of hydrogen-bond acceptors (Lipinski definition) is 6. The van der Waals surface area contributed by atoms with Gasteiger partial charge in [-0.05, 0) is 26.7 Å². The number of hydrazine groups is 2. The van der Waals surface area contributed by atoms with Gasteiger partial charge in [-0.15, -0.1) is 5.10 Å². The molecule has 1 N–H and O–H groups in total. The lowest BCUT2D eigenvalue weighted by Gasteiger charge is -2.20. The zero-order valence-corrected chi connectivity index (χ0v) is 9.60. The summed E-state index contributed by atoms with van der Waals surface area (Å²) in [4.78, 5) is 6.89. The number of rotatable bonds is 2. The highest BCUT2D eigenvalue weighted by molar-refractivity contribution is 7.13. The molecular formula is C8H11N6OP. The number of para-hydroxylation sites is 1. The van der Waals surface area contributed by atoms with Crippen LogP contribution in [0.4, 0.5) is 0 Å². The molecule has 1 aromatic carbocycles. The van der Waals surface area contributed by atoms with Crippen LogP contribution in [0.5, 0.6) is 0 Å². The van der Waals surface area contributed by atoms with Crippen LogP contribution in [0.3, 0.4) is 0 Å². The summed E-state index contributed by atoms with van der Waals surface area (Å²) in [5.41, 5.74) is 4.67. The molecule has 0 spiro atoms. The van der Waals surface area contributed by atoms with Crippen molar-refractivity contribution in [3.63, 3.8) is 0 Å². The number of nitrogens with zero attached hydrogens (tertiary/aromatic N) is 5. The van der Waals surface area contributed by atoms with Crippen LogP contribution in [-0.2, 0) is 0 Å². The van der Waals surface area contributed by atoms with Crippen molar-refractivity contribution in [2.75, 3.05) is 13.1 Å². The van der Waals surface area contributed by atoms with Crippen molar-refractivity contribution >= 4 is 20.4 Å². The van der Waals surface area contributed by atoms with Crippen LogP contribution in [0.1, 0.15) is 0 Å². The van der Waals surface area contributed by atoms with Crippen molar-refractivity contribution in [2.45, 2.75) is 0 Å². The molecular weight excluding hydrogens is 227 g/mol. The quantitative estimate of drug-likeness (QED) is 0.719. The van der Waals surface area contributed by atoms with Gasteiger partial charge in [0.2, 0.25) is 0 Å². The smallest absolute Gasteiger partial charge is 0.133 e. The number of benzene rings is 1. The van der Waals surface area contributed by atoms with Crippen LogP contribution in [0.25, 0.3) is 11.0 Å². The van der Waals surface area contributed by atoms with E-state index in [0.717, 1.165) is 24.1 Å². The van der Waals surface area contributed by atoms with E-state index in [4.69, 9.17) is 4.94 Å². The normalized spacial score (nSPS) is 18.3. The van der Waals surface area contributed by atoms with Crippen LogP contribution in [0, 0.1) is 0 Å². The summed E-state index contributed by atoms with van der Waals surface area (Å²) in [7, 11) is 2.55. The summed E-state index contributed by atoms with van der Waals surface area (Å²) in [5.74, 6) is 0. The van der Waals surface area contributed by atoms with E-state index in [2.05, 4.69) is 25.1 Å². The van der Waals surface area contributed by atoms with Crippen molar-refractivity contribution in [2.24, 2.45) is 0 Å². The second kappa shape index (κ2) is 3.95. The Hall–Kier alpha value is -1.27. The fourth-order valence-corrected chi connectivity index (χ4v) is 1.75. The van der Waals surface area contributed by atoms with Crippen LogP contribution >= 0.6 is 9.39 Å². The summed E-state index contributed by atoms with van der Waals surface area (Å²) < 4.78 is 1.83. The van der Waals surface area contributed by atoms with Crippen LogP contribution in [0.2, 0.25) is 0 Å². The lowest BCUT2D eigenvalue weighted by Crippen LogP contribution is -2.44. The Kier molecular flexibility index (Phi) is 2.45. The molecule has 7 nitrogen and oxygen atoms in total. The summed E-state index contributed by atoms with van der Waals surface area (Å²) in [6, 6.07) is 7.62. The first-order chi connectivity index (χ1) is 7.84. The molecule has 1 unspecified atom stereocenters. The van der Waals surface area contributed by atoms with E-state index in [-0.39, 0.29) is 0 Å². The highest BCUT2D eigenvalue weighted by atomic mass is 31.0. The number of nitrogens with one attached hydrogen (secondary N) is 1. The minimum absolute atomic E-state index is 0.803. The van der Waals surface area contributed by atoms with Gasteiger partial charge in [-0.3, -0.25) is 4.94 Å². The second-order valence-corrected chi connectivity index (χ2v) is 3.97. The van der Waals surface area contributed by atoms with Gasteiger partial charge in [0.1, 0.15) is 11.0 Å². The molecule has 2 heterocycles. The van der Waals surface area contributed by atoms with Crippen molar-refractivity contribution in [3.8, 4) is 0 Å². The molecule has 3 rings (SSSR count). The van der Waals surface area contributed by atoms with Crippen molar-refractivity contribution < 1.29 is 4.94 Å². The third-order valence-electron chi connectivity index (χ3n) is 2.30. The van der Waals surface area contributed by atoms with Crippen LogP contribution < -0.4 is 10.4 Å². The van der Waals surface area contributed by atoms with Crippen LogP contribution in [0.15, 0.2) is 24.3 Å². The van der Waals surface area contributed by atoms with E-state index in [1.165, 1.54) is 10.1 Å². The van der Waals surface area contributed by atoms with E-state index in [1.807, 2.05) is 29.0 Å². The number of fused-ring (bicyclic) bond motifs is 1. The van der Waals surface area contributed by atoms with E-state index < -0.39 is 0 Å². The Labute approximate surface area is 94.0 Å². The van der Waals surface area contributed by atoms with E-state index in [1.54, 1.807) is 0 Å². The summed E-state index contributed by atoms with van der Waals surface area (Å²) in [6.07, 6.45) is 0. The third kappa shape index (κ3) is 1.64. The molecule has 1 aromatic heterocycles. The maximum absolute atomic E-state index is 5.51. The van der Waals surface area contributed by atoms with E-state index >= 15 is 0 Å². The molecule has 16 heavy (non-hydrogen) atoms. The zero-order valence-electron chi connectivity index (χ0n) is 8.45. The predicted molar refractivity (Wildman–Crippen MR) is 60.4 cm³/mol. The molecule has 0 bridgehead atoms. The molecule has 0 radical (unpaired) electrons. The predicted octanol–water partition coefficient (Wildman–Crippen LogP) is -0.398. The zero-order chi connectivity index (χ0) is 11.0. The Morgan fingerprint density at radius 2 is 2.25 bits per heavy atom. The first kappa shape index (κ1) is 9.92. The van der Waals surface area contributed by atoms with Gasteiger partial charge >= 0.3 is 0 Å². The molecule has 1 fully saturated rings. The molecule has 2 aromatic rings. The van der Waals surface area contributed by atoms with Gasteiger partial charge in [0.25, 0.3) is 0 Å². The largest absolute Gasteiger partial charge is 0.264 e. The van der Waals surface area contributed by atoms with Gasteiger partial charge in [-0.1, -0.05) is 17.0 Å². The molecule has 1 aliphatic rings. The minimum atomic E-state index is 0.803. The van der Waals surface area contributed by atoms with Crippen molar-refractivity contribution in [1.29, 1.82) is 0 Å². The Morgan fingerprint density at radius 1 is 1.38 bits per heavy atom. The topological polar surface area (TPSA) is 58.5 Å². The van der Waals surface area contributed by atoms with Gasteiger partial charge in [-0.25, -0.2) is 5.43 Å². The number of aromatic nitrogens is 3. The molecule has 1 saturated heterocycles. The average molecular weight is 238 g/mol. The van der Waals surface area contributed by atoms with Gasteiger partial charge in [-0.2, -0.15) is 4.78 Å². The molecule has 0 aliphatic carbocycles. The Bertz CT molecular complexity index is 502. The molecule has 0 amide bonds. The molecule has 8 heteroatoms. The van der Waals surface area contributed by atoms with Gasteiger partial charge in [0.15, 0.2) is 0 Å². The number of hydrogen-bond donors (Lipinski definition) is 1. The third-order valence-corrected chi connectivity index (χ3v) is 2.77. The highest BCUT2D eigenvalue weighted by Gasteiger charge is 2.21. The molecule has 0 saturated carbocycles. The summed E-state index contributed by atoms with van der Waals surface area (Å²) >= 11 is 0. The first-order valence-corrected chi connectivity index (χ1v) is 5.41. The van der Waals surface area contributed by atoms with E-state index in [9.17, 15) is 0 Å². The monoisotopic (exact) mass is 238 g/mol.